The third kappa shape index (κ3) is 9.53. The average Bonchev–Trinajstić information content (AvgIpc) is 3.10. The van der Waals surface area contributed by atoms with Gasteiger partial charge in [-0.2, -0.15) is 0 Å². The minimum absolute atomic E-state index is 0.0852. The van der Waals surface area contributed by atoms with E-state index in [1.807, 2.05) is 6.07 Å². The van der Waals surface area contributed by atoms with Crippen LogP contribution >= 0.6 is 0 Å². The maximum absolute atomic E-state index is 14.4. The first-order valence-electron chi connectivity index (χ1n) is 15.5. The summed E-state index contributed by atoms with van der Waals surface area (Å²) in [6.07, 6.45) is 0. The lowest BCUT2D eigenvalue weighted by Gasteiger charge is -2.36. The molecule has 0 spiro atoms. The van der Waals surface area contributed by atoms with Crippen molar-refractivity contribution in [3.05, 3.63) is 107 Å². The lowest BCUT2D eigenvalue weighted by atomic mass is 9.97. The van der Waals surface area contributed by atoms with E-state index in [-0.39, 0.29) is 28.3 Å². The molecule has 49 heavy (non-hydrogen) atoms. The van der Waals surface area contributed by atoms with Gasteiger partial charge < -0.3 is 28.5 Å². The Kier molecular flexibility index (Phi) is 13.2. The number of halogens is 2. The van der Waals surface area contributed by atoms with E-state index >= 15 is 0 Å². The number of methoxy groups -OCH3 is 4. The molecule has 4 rings (SSSR count). The van der Waals surface area contributed by atoms with Gasteiger partial charge in [0.1, 0.15) is 23.1 Å². The van der Waals surface area contributed by atoms with Gasteiger partial charge in [0.15, 0.2) is 8.32 Å². The van der Waals surface area contributed by atoms with E-state index in [4.69, 9.17) is 28.5 Å². The molecule has 0 atom stereocenters. The molecule has 0 aromatic heterocycles. The average molecular weight is 695 g/mol. The molecular weight excluding hydrogens is 650 g/mol. The van der Waals surface area contributed by atoms with Gasteiger partial charge >= 0.3 is 11.9 Å². The molecule has 0 unspecified atom stereocenters. The number of aliphatic hydroxyl groups excluding tert-OH is 1. The van der Waals surface area contributed by atoms with Crippen molar-refractivity contribution >= 4 is 20.3 Å². The van der Waals surface area contributed by atoms with Crippen molar-refractivity contribution in [3.8, 4) is 33.8 Å². The molecule has 262 valence electrons. The van der Waals surface area contributed by atoms with Gasteiger partial charge in [-0.1, -0.05) is 45.0 Å². The smallest absolute Gasteiger partial charge is 0.338 e. The quantitative estimate of drug-likeness (QED) is 0.130. The molecular formula is C38H44F2O8Si. The molecule has 0 heterocycles. The highest BCUT2D eigenvalue weighted by atomic mass is 28.4. The number of carbonyl (C=O) groups is 2. The molecule has 8 nitrogen and oxygen atoms in total. The van der Waals surface area contributed by atoms with E-state index in [0.717, 1.165) is 5.56 Å². The molecule has 0 aliphatic carbocycles. The minimum atomic E-state index is -1.93. The van der Waals surface area contributed by atoms with Gasteiger partial charge in [0.2, 0.25) is 0 Å². The molecule has 0 saturated heterocycles. The summed E-state index contributed by atoms with van der Waals surface area (Å²) in [5, 5.41) is 9.25. The van der Waals surface area contributed by atoms with Gasteiger partial charge in [-0.15, -0.1) is 0 Å². The van der Waals surface area contributed by atoms with Crippen molar-refractivity contribution in [2.45, 2.75) is 52.1 Å². The molecule has 0 aliphatic heterocycles. The second kappa shape index (κ2) is 16.7. The van der Waals surface area contributed by atoms with Crippen LogP contribution in [0.5, 0.6) is 11.5 Å². The number of hydrogen-bond acceptors (Lipinski definition) is 8. The summed E-state index contributed by atoms with van der Waals surface area (Å²) in [5.41, 5.74) is 3.24. The monoisotopic (exact) mass is 694 g/mol. The molecule has 0 saturated carbocycles. The number of esters is 2. The Hall–Kier alpha value is -4.58. The Labute approximate surface area is 287 Å². The van der Waals surface area contributed by atoms with Crippen LogP contribution in [-0.2, 0) is 27.1 Å². The van der Waals surface area contributed by atoms with Gasteiger partial charge in [-0.25, -0.2) is 18.4 Å². The Morgan fingerprint density at radius 1 is 0.653 bits per heavy atom. The third-order valence-electron chi connectivity index (χ3n) is 8.49. The minimum Gasteiger partial charge on any atom is -0.497 e. The second-order valence-corrected chi connectivity index (χ2v) is 17.5. The van der Waals surface area contributed by atoms with E-state index in [0.29, 0.717) is 40.4 Å². The molecule has 1 N–H and O–H groups in total. The zero-order valence-corrected chi connectivity index (χ0v) is 30.4. The van der Waals surface area contributed by atoms with E-state index in [1.54, 1.807) is 30.3 Å². The molecule has 0 fully saturated rings. The number of ether oxygens (including phenoxy) is 4. The maximum Gasteiger partial charge on any atom is 0.338 e. The van der Waals surface area contributed by atoms with Crippen LogP contribution in [0.3, 0.4) is 0 Å². The lowest BCUT2D eigenvalue weighted by molar-refractivity contribution is 0.0592. The Morgan fingerprint density at radius 2 is 1.08 bits per heavy atom. The summed E-state index contributed by atoms with van der Waals surface area (Å²) in [6, 6.07) is 18.7. The first kappa shape index (κ1) is 38.9. The van der Waals surface area contributed by atoms with E-state index in [1.165, 1.54) is 64.8 Å². The summed E-state index contributed by atoms with van der Waals surface area (Å²) in [7, 11) is 3.62. The van der Waals surface area contributed by atoms with Crippen molar-refractivity contribution in [3.63, 3.8) is 0 Å². The molecule has 11 heteroatoms. The fraction of sp³-hybridized carbons (Fsp3) is 0.316. The highest BCUT2D eigenvalue weighted by Gasteiger charge is 2.37. The van der Waals surface area contributed by atoms with Crippen LogP contribution in [0.1, 0.15) is 52.6 Å². The Balaban J connectivity index is 0.000000276. The van der Waals surface area contributed by atoms with Crippen LogP contribution in [0.2, 0.25) is 18.1 Å². The number of aliphatic hydroxyl groups is 1. The van der Waals surface area contributed by atoms with E-state index in [9.17, 15) is 18.4 Å². The highest BCUT2D eigenvalue weighted by Crippen LogP contribution is 2.38. The van der Waals surface area contributed by atoms with Gasteiger partial charge in [0.05, 0.1) is 52.8 Å². The van der Waals surface area contributed by atoms with Crippen molar-refractivity contribution in [1.82, 2.24) is 0 Å². The summed E-state index contributed by atoms with van der Waals surface area (Å²) in [4.78, 5) is 24.3. The van der Waals surface area contributed by atoms with Crippen molar-refractivity contribution in [2.24, 2.45) is 0 Å². The molecule has 0 aliphatic rings. The van der Waals surface area contributed by atoms with Gasteiger partial charge in [-0.3, -0.25) is 0 Å². The van der Waals surface area contributed by atoms with E-state index < -0.39 is 31.9 Å². The summed E-state index contributed by atoms with van der Waals surface area (Å²) < 4.78 is 54.7. The van der Waals surface area contributed by atoms with Crippen molar-refractivity contribution < 1.29 is 46.8 Å². The lowest BCUT2D eigenvalue weighted by Crippen LogP contribution is -2.40. The zero-order valence-electron chi connectivity index (χ0n) is 29.4. The number of benzene rings is 4. The standard InChI is InChI=1S/C22H29FO4Si.C16H15FO4/c1-22(2,3)28(6,7)27-14-15-8-10-17(19(12-15)21(24)26-5)18-13-16(25-4)9-11-20(18)23;1-20-11-4-6-15(17)13(8-11)12-5-3-10(9-18)7-14(12)16(19)21-2/h8-13H,14H2,1-7H3;3-8,18H,9H2,1-2H3. The predicted octanol–water partition coefficient (Wildman–Crippen LogP) is 8.59. The number of rotatable bonds is 10. The molecule has 0 radical (unpaired) electrons. The fourth-order valence-corrected chi connectivity index (χ4v) is 5.51. The van der Waals surface area contributed by atoms with Crippen LogP contribution in [0.25, 0.3) is 22.3 Å². The van der Waals surface area contributed by atoms with Crippen LogP contribution in [0.15, 0.2) is 72.8 Å². The largest absolute Gasteiger partial charge is 0.497 e. The molecule has 0 bridgehead atoms. The van der Waals surface area contributed by atoms with Gasteiger partial charge in [0.25, 0.3) is 0 Å². The predicted molar refractivity (Wildman–Crippen MR) is 187 cm³/mol. The Morgan fingerprint density at radius 3 is 1.47 bits per heavy atom. The molecule has 4 aromatic rings. The third-order valence-corrected chi connectivity index (χ3v) is 13.0. The number of hydrogen-bond donors (Lipinski definition) is 1. The SMILES string of the molecule is COC(=O)c1cc(CO)ccc1-c1cc(OC)ccc1F.COC(=O)c1cc(CO[Si](C)(C)C(C)(C)C)ccc1-c1cc(OC)ccc1F. The summed E-state index contributed by atoms with van der Waals surface area (Å²) in [6.45, 7) is 11.0. The molecule has 4 aromatic carbocycles. The first-order chi connectivity index (χ1) is 23.1. The topological polar surface area (TPSA) is 101 Å². The second-order valence-electron chi connectivity index (χ2n) is 12.6. The van der Waals surface area contributed by atoms with Crippen LogP contribution in [0, 0.1) is 11.6 Å². The highest BCUT2D eigenvalue weighted by molar-refractivity contribution is 6.74. The fourth-order valence-electron chi connectivity index (χ4n) is 4.55. The summed E-state index contributed by atoms with van der Waals surface area (Å²) >= 11 is 0. The number of carbonyl (C=O) groups excluding carboxylic acids is 2. The maximum atomic E-state index is 14.4. The van der Waals surface area contributed by atoms with Crippen LogP contribution in [-0.4, -0.2) is 53.8 Å². The van der Waals surface area contributed by atoms with Crippen molar-refractivity contribution in [2.75, 3.05) is 28.4 Å². The van der Waals surface area contributed by atoms with Crippen LogP contribution < -0.4 is 9.47 Å². The van der Waals surface area contributed by atoms with E-state index in [2.05, 4.69) is 33.9 Å². The van der Waals surface area contributed by atoms with Gasteiger partial charge in [0, 0.05) is 11.1 Å². The van der Waals surface area contributed by atoms with Crippen LogP contribution in [0.4, 0.5) is 8.78 Å². The van der Waals surface area contributed by atoms with Gasteiger partial charge in [-0.05, 0) is 88.9 Å². The zero-order chi connectivity index (χ0) is 36.5. The normalized spacial score (nSPS) is 11.3. The van der Waals surface area contributed by atoms with Crippen molar-refractivity contribution in [1.29, 1.82) is 0 Å². The molecule has 0 amide bonds. The summed E-state index contributed by atoms with van der Waals surface area (Å²) in [5.74, 6) is -1.03. The Bertz CT molecular complexity index is 1780. The first-order valence-corrected chi connectivity index (χ1v) is 18.4.